The van der Waals surface area contributed by atoms with Crippen LogP contribution in [0.5, 0.6) is 0 Å². The Bertz CT molecular complexity index is 933. The van der Waals surface area contributed by atoms with Gasteiger partial charge in [0, 0.05) is 19.2 Å². The van der Waals surface area contributed by atoms with E-state index in [2.05, 4.69) is 6.92 Å². The van der Waals surface area contributed by atoms with Gasteiger partial charge >= 0.3 is 0 Å². The van der Waals surface area contributed by atoms with Gasteiger partial charge in [0.1, 0.15) is 0 Å². The highest BCUT2D eigenvalue weighted by atomic mass is 32.2. The Morgan fingerprint density at radius 1 is 1.20 bits per heavy atom. The van der Waals surface area contributed by atoms with Crippen LogP contribution in [0.25, 0.3) is 10.9 Å². The molecule has 0 radical (unpaired) electrons. The fraction of sp³-hybridized carbons (Fsp3) is 0.609. The fourth-order valence-corrected chi connectivity index (χ4v) is 5.55. The summed E-state index contributed by atoms with van der Waals surface area (Å²) in [7, 11) is 0. The molecule has 1 aliphatic heterocycles. The van der Waals surface area contributed by atoms with Gasteiger partial charge in [-0.25, -0.2) is 4.98 Å². The molecule has 6 nitrogen and oxygen atoms in total. The maximum absolute atomic E-state index is 13.2. The molecule has 2 aliphatic rings. The fourth-order valence-electron chi connectivity index (χ4n) is 4.65. The van der Waals surface area contributed by atoms with Gasteiger partial charge in [0.25, 0.3) is 5.56 Å². The number of carbonyl (C=O) groups excluding carboxylic acids is 1. The number of nitrogens with zero attached hydrogens (tertiary/aromatic N) is 3. The summed E-state index contributed by atoms with van der Waals surface area (Å²) in [5.74, 6) is 0.446. The molecule has 1 saturated heterocycles. The van der Waals surface area contributed by atoms with Crippen LogP contribution < -0.4 is 5.56 Å². The Labute approximate surface area is 182 Å². The molecule has 0 spiro atoms. The lowest BCUT2D eigenvalue weighted by Gasteiger charge is -2.33. The highest BCUT2D eigenvalue weighted by Gasteiger charge is 2.25. The van der Waals surface area contributed by atoms with Crippen molar-refractivity contribution in [1.82, 2.24) is 14.5 Å². The quantitative estimate of drug-likeness (QED) is 0.494. The van der Waals surface area contributed by atoms with Crippen molar-refractivity contribution < 1.29 is 9.53 Å². The lowest BCUT2D eigenvalue weighted by molar-refractivity contribution is -0.131. The van der Waals surface area contributed by atoms with Crippen LogP contribution in [0.2, 0.25) is 0 Å². The van der Waals surface area contributed by atoms with Gasteiger partial charge in [0.05, 0.1) is 29.3 Å². The maximum Gasteiger partial charge on any atom is 0.262 e. The van der Waals surface area contributed by atoms with Crippen molar-refractivity contribution in [3.05, 3.63) is 34.6 Å². The van der Waals surface area contributed by atoms with Crippen LogP contribution in [-0.2, 0) is 16.1 Å². The van der Waals surface area contributed by atoms with E-state index >= 15 is 0 Å². The molecule has 30 heavy (non-hydrogen) atoms. The summed E-state index contributed by atoms with van der Waals surface area (Å²) in [5.41, 5.74) is 0.631. The number of para-hydroxylation sites is 1. The molecule has 1 aromatic carbocycles. The topological polar surface area (TPSA) is 64.4 Å². The molecule has 1 aromatic heterocycles. The van der Waals surface area contributed by atoms with Crippen molar-refractivity contribution >= 4 is 28.6 Å². The molecule has 1 saturated carbocycles. The van der Waals surface area contributed by atoms with Crippen LogP contribution >= 0.6 is 11.8 Å². The van der Waals surface area contributed by atoms with Crippen molar-refractivity contribution in [3.63, 3.8) is 0 Å². The molecule has 1 atom stereocenters. The number of amides is 1. The van der Waals surface area contributed by atoms with Gasteiger partial charge in [-0.3, -0.25) is 14.2 Å². The van der Waals surface area contributed by atoms with Gasteiger partial charge in [-0.1, -0.05) is 43.2 Å². The molecule has 0 bridgehead atoms. The second-order valence-corrected chi connectivity index (χ2v) is 9.17. The Morgan fingerprint density at radius 3 is 2.73 bits per heavy atom. The van der Waals surface area contributed by atoms with E-state index in [0.717, 1.165) is 38.8 Å². The van der Waals surface area contributed by atoms with E-state index in [9.17, 15) is 9.59 Å². The molecule has 1 aliphatic carbocycles. The number of carbonyl (C=O) groups is 1. The molecule has 0 N–H and O–H groups in total. The first-order chi connectivity index (χ1) is 14.7. The molecule has 1 amide bonds. The number of thioether (sulfide) groups is 1. The standard InChI is InChI=1S/C23H31N3O3S/c1-2-25(17-9-4-3-5-10-17)21(27)16-30-23-24-20-13-7-6-12-19(20)22(28)26(23)15-18-11-8-14-29-18/h6-7,12-13,17-18H,2-5,8-11,14-16H2,1H3/t18-/m0/s1. The average molecular weight is 430 g/mol. The van der Waals surface area contributed by atoms with Gasteiger partial charge in [-0.2, -0.15) is 0 Å². The third kappa shape index (κ3) is 4.72. The lowest BCUT2D eigenvalue weighted by atomic mass is 9.94. The molecular formula is C23H31N3O3S. The summed E-state index contributed by atoms with van der Waals surface area (Å²) in [5, 5.41) is 1.23. The van der Waals surface area contributed by atoms with Crippen LogP contribution in [0.4, 0.5) is 0 Å². The number of aromatic nitrogens is 2. The van der Waals surface area contributed by atoms with E-state index < -0.39 is 0 Å². The van der Waals surface area contributed by atoms with Gasteiger partial charge in [0.2, 0.25) is 5.91 Å². The molecule has 4 rings (SSSR count). The SMILES string of the molecule is CCN(C(=O)CSc1nc2ccccc2c(=O)n1C[C@@H]1CCCO1)C1CCCCC1. The van der Waals surface area contributed by atoms with Crippen LogP contribution in [0.1, 0.15) is 51.9 Å². The van der Waals surface area contributed by atoms with E-state index in [1.165, 1.54) is 31.0 Å². The summed E-state index contributed by atoms with van der Waals surface area (Å²) in [6.45, 7) is 4.03. The zero-order chi connectivity index (χ0) is 20.9. The first-order valence-corrected chi connectivity index (χ1v) is 12.2. The Morgan fingerprint density at radius 2 is 2.00 bits per heavy atom. The van der Waals surface area contributed by atoms with E-state index in [1.807, 2.05) is 29.2 Å². The monoisotopic (exact) mass is 429 g/mol. The highest BCUT2D eigenvalue weighted by molar-refractivity contribution is 7.99. The zero-order valence-corrected chi connectivity index (χ0v) is 18.5. The summed E-state index contributed by atoms with van der Waals surface area (Å²) in [6, 6.07) is 7.79. The normalized spacial score (nSPS) is 20.0. The average Bonchev–Trinajstić information content (AvgIpc) is 3.29. The van der Waals surface area contributed by atoms with E-state index in [-0.39, 0.29) is 17.6 Å². The Hall–Kier alpha value is -1.86. The van der Waals surface area contributed by atoms with E-state index in [4.69, 9.17) is 9.72 Å². The molecule has 0 unspecified atom stereocenters. The highest BCUT2D eigenvalue weighted by Crippen LogP contribution is 2.25. The number of fused-ring (bicyclic) bond motifs is 1. The van der Waals surface area contributed by atoms with Crippen molar-refractivity contribution in [1.29, 1.82) is 0 Å². The lowest BCUT2D eigenvalue weighted by Crippen LogP contribution is -2.42. The van der Waals surface area contributed by atoms with Crippen LogP contribution in [-0.4, -0.2) is 51.4 Å². The second-order valence-electron chi connectivity index (χ2n) is 8.22. The van der Waals surface area contributed by atoms with Crippen molar-refractivity contribution in [2.24, 2.45) is 0 Å². The minimum absolute atomic E-state index is 0.0371. The molecular weight excluding hydrogens is 398 g/mol. The Balaban J connectivity index is 1.55. The largest absolute Gasteiger partial charge is 0.376 e. The Kier molecular flexibility index (Phi) is 7.10. The predicted molar refractivity (Wildman–Crippen MR) is 120 cm³/mol. The first kappa shape index (κ1) is 21.4. The van der Waals surface area contributed by atoms with Crippen molar-refractivity contribution in [3.8, 4) is 0 Å². The molecule has 162 valence electrons. The minimum Gasteiger partial charge on any atom is -0.376 e. The predicted octanol–water partition coefficient (Wildman–Crippen LogP) is 3.85. The number of hydrogen-bond donors (Lipinski definition) is 0. The second kappa shape index (κ2) is 9.96. The maximum atomic E-state index is 13.2. The summed E-state index contributed by atoms with van der Waals surface area (Å²) in [4.78, 5) is 33.0. The molecule has 2 heterocycles. The molecule has 2 fully saturated rings. The first-order valence-electron chi connectivity index (χ1n) is 11.2. The summed E-state index contributed by atoms with van der Waals surface area (Å²) < 4.78 is 7.48. The molecule has 7 heteroatoms. The number of ether oxygens (including phenoxy) is 1. The third-order valence-corrected chi connectivity index (χ3v) is 7.20. The van der Waals surface area contributed by atoms with Crippen LogP contribution in [0.15, 0.2) is 34.2 Å². The third-order valence-electron chi connectivity index (χ3n) is 6.24. The van der Waals surface area contributed by atoms with Gasteiger partial charge in [-0.05, 0) is 44.7 Å². The summed E-state index contributed by atoms with van der Waals surface area (Å²) in [6.07, 6.45) is 7.89. The molecule has 2 aromatic rings. The summed E-state index contributed by atoms with van der Waals surface area (Å²) >= 11 is 1.38. The smallest absolute Gasteiger partial charge is 0.262 e. The van der Waals surface area contributed by atoms with Crippen LogP contribution in [0, 0.1) is 0 Å². The van der Waals surface area contributed by atoms with Gasteiger partial charge in [0.15, 0.2) is 5.16 Å². The number of rotatable bonds is 7. The minimum atomic E-state index is -0.0503. The van der Waals surface area contributed by atoms with Gasteiger partial charge in [-0.15, -0.1) is 0 Å². The van der Waals surface area contributed by atoms with Crippen LogP contribution in [0.3, 0.4) is 0 Å². The van der Waals surface area contributed by atoms with E-state index in [1.54, 1.807) is 4.57 Å². The van der Waals surface area contributed by atoms with Crippen molar-refractivity contribution in [2.45, 2.75) is 75.7 Å². The van der Waals surface area contributed by atoms with Gasteiger partial charge < -0.3 is 9.64 Å². The number of benzene rings is 1. The van der Waals surface area contributed by atoms with Crippen molar-refractivity contribution in [2.75, 3.05) is 18.9 Å². The van der Waals surface area contributed by atoms with E-state index in [0.29, 0.717) is 34.4 Å². The zero-order valence-electron chi connectivity index (χ0n) is 17.7. The number of hydrogen-bond acceptors (Lipinski definition) is 5.